The van der Waals surface area contributed by atoms with Crippen molar-refractivity contribution in [1.29, 1.82) is 0 Å². The maximum Gasteiger partial charge on any atom is 0.311 e. The zero-order chi connectivity index (χ0) is 11.5. The van der Waals surface area contributed by atoms with E-state index in [1.54, 1.807) is 12.3 Å². The largest absolute Gasteiger partial charge is 0.469 e. The number of ether oxygens (including phenoxy) is 1. The van der Waals surface area contributed by atoms with Crippen molar-refractivity contribution in [2.75, 3.05) is 7.11 Å². The molecule has 0 unspecified atom stereocenters. The maximum absolute atomic E-state index is 11.2. The van der Waals surface area contributed by atoms with E-state index in [4.69, 9.17) is 11.6 Å². The number of carbonyl (C=O) groups excluding carboxylic acids is 1. The second-order valence-electron chi connectivity index (χ2n) is 3.38. The zero-order valence-electron chi connectivity index (χ0n) is 8.74. The Hall–Kier alpha value is -1.61. The number of benzene rings is 1. The maximum atomic E-state index is 11.2. The number of methoxy groups -OCH3 is 1. The molecule has 4 heteroatoms. The highest BCUT2D eigenvalue weighted by atomic mass is 35.5. The molecule has 0 N–H and O–H groups in total. The Labute approximate surface area is 98.0 Å². The summed E-state index contributed by atoms with van der Waals surface area (Å²) < 4.78 is 4.62. The van der Waals surface area contributed by atoms with E-state index in [2.05, 4.69) is 9.72 Å². The summed E-state index contributed by atoms with van der Waals surface area (Å²) in [5.41, 5.74) is 0.709. The van der Waals surface area contributed by atoms with Gasteiger partial charge in [0.05, 0.1) is 19.2 Å². The van der Waals surface area contributed by atoms with Gasteiger partial charge in [0.25, 0.3) is 0 Å². The summed E-state index contributed by atoms with van der Waals surface area (Å²) in [6, 6.07) is 7.36. The van der Waals surface area contributed by atoms with Crippen LogP contribution in [0.4, 0.5) is 0 Å². The number of fused-ring (bicyclic) bond motifs is 1. The lowest BCUT2D eigenvalue weighted by atomic mass is 10.1. The molecule has 0 aliphatic rings. The first-order valence-corrected chi connectivity index (χ1v) is 5.18. The van der Waals surface area contributed by atoms with Crippen LogP contribution < -0.4 is 0 Å². The molecule has 0 aliphatic carbocycles. The van der Waals surface area contributed by atoms with Gasteiger partial charge in [-0.2, -0.15) is 0 Å². The lowest BCUT2D eigenvalue weighted by molar-refractivity contribution is -0.139. The van der Waals surface area contributed by atoms with Crippen LogP contribution in [-0.4, -0.2) is 18.1 Å². The van der Waals surface area contributed by atoms with Gasteiger partial charge < -0.3 is 4.74 Å². The molecule has 3 nitrogen and oxygen atoms in total. The van der Waals surface area contributed by atoms with Crippen molar-refractivity contribution in [3.63, 3.8) is 0 Å². The zero-order valence-corrected chi connectivity index (χ0v) is 9.49. The molecule has 0 atom stereocenters. The van der Waals surface area contributed by atoms with Crippen LogP contribution >= 0.6 is 11.6 Å². The molecular weight excluding hydrogens is 226 g/mol. The second-order valence-corrected chi connectivity index (χ2v) is 3.81. The Morgan fingerprint density at radius 1 is 1.44 bits per heavy atom. The van der Waals surface area contributed by atoms with Crippen LogP contribution in [-0.2, 0) is 16.0 Å². The highest BCUT2D eigenvalue weighted by Crippen LogP contribution is 2.21. The Morgan fingerprint density at radius 3 is 3.00 bits per heavy atom. The molecule has 0 saturated carbocycles. The van der Waals surface area contributed by atoms with Crippen LogP contribution in [0.1, 0.15) is 5.69 Å². The van der Waals surface area contributed by atoms with Crippen LogP contribution in [0.25, 0.3) is 10.8 Å². The third kappa shape index (κ3) is 2.14. The highest BCUT2D eigenvalue weighted by molar-refractivity contribution is 6.31. The third-order valence-corrected chi connectivity index (χ3v) is 2.58. The fourth-order valence-corrected chi connectivity index (χ4v) is 1.74. The normalized spacial score (nSPS) is 10.4. The summed E-state index contributed by atoms with van der Waals surface area (Å²) in [4.78, 5) is 15.4. The summed E-state index contributed by atoms with van der Waals surface area (Å²) in [6.07, 6.45) is 1.84. The number of rotatable bonds is 2. The molecule has 0 aliphatic heterocycles. The lowest BCUT2D eigenvalue weighted by Crippen LogP contribution is -2.06. The number of halogens is 1. The van der Waals surface area contributed by atoms with Crippen LogP contribution in [0, 0.1) is 0 Å². The number of carbonyl (C=O) groups is 1. The minimum absolute atomic E-state index is 0.176. The summed E-state index contributed by atoms with van der Waals surface area (Å²) in [5, 5.41) is 2.57. The van der Waals surface area contributed by atoms with E-state index in [1.165, 1.54) is 7.11 Å². The monoisotopic (exact) mass is 235 g/mol. The topological polar surface area (TPSA) is 39.2 Å². The molecule has 2 rings (SSSR count). The first kappa shape index (κ1) is 10.9. The Bertz CT molecular complexity index is 540. The van der Waals surface area contributed by atoms with Gasteiger partial charge in [-0.1, -0.05) is 17.7 Å². The molecule has 0 amide bonds. The van der Waals surface area contributed by atoms with Gasteiger partial charge in [-0.3, -0.25) is 9.78 Å². The van der Waals surface area contributed by atoms with E-state index in [-0.39, 0.29) is 12.4 Å². The van der Waals surface area contributed by atoms with Crippen LogP contribution in [0.2, 0.25) is 5.02 Å². The minimum Gasteiger partial charge on any atom is -0.469 e. The van der Waals surface area contributed by atoms with Crippen LogP contribution in [0.3, 0.4) is 0 Å². The molecule has 0 saturated heterocycles. The van der Waals surface area contributed by atoms with Gasteiger partial charge in [0.1, 0.15) is 0 Å². The van der Waals surface area contributed by atoms with Gasteiger partial charge in [-0.05, 0) is 23.6 Å². The fourth-order valence-electron chi connectivity index (χ4n) is 1.56. The molecule has 1 heterocycles. The first-order valence-electron chi connectivity index (χ1n) is 4.80. The molecule has 16 heavy (non-hydrogen) atoms. The summed E-state index contributed by atoms with van der Waals surface area (Å²) >= 11 is 5.89. The van der Waals surface area contributed by atoms with Crippen molar-refractivity contribution in [3.8, 4) is 0 Å². The van der Waals surface area contributed by atoms with Gasteiger partial charge in [0, 0.05) is 16.6 Å². The Balaban J connectivity index is 2.49. The first-order chi connectivity index (χ1) is 7.70. The molecule has 82 valence electrons. The SMILES string of the molecule is COC(=O)Cc1nccc2cc(Cl)ccc12. The number of esters is 1. The van der Waals surface area contributed by atoms with Crippen molar-refractivity contribution in [1.82, 2.24) is 4.98 Å². The molecular formula is C12H10ClNO2. The molecule has 0 fully saturated rings. The number of pyridine rings is 1. The van der Waals surface area contributed by atoms with E-state index < -0.39 is 0 Å². The molecule has 2 aromatic rings. The number of hydrogen-bond donors (Lipinski definition) is 0. The van der Waals surface area contributed by atoms with Gasteiger partial charge in [-0.25, -0.2) is 0 Å². The smallest absolute Gasteiger partial charge is 0.311 e. The number of aromatic nitrogens is 1. The van der Waals surface area contributed by atoms with Gasteiger partial charge in [0.15, 0.2) is 0 Å². The standard InChI is InChI=1S/C12H10ClNO2/c1-16-12(15)7-11-10-3-2-9(13)6-8(10)4-5-14-11/h2-6H,7H2,1H3. The third-order valence-electron chi connectivity index (χ3n) is 2.35. The quantitative estimate of drug-likeness (QED) is 0.751. The van der Waals surface area contributed by atoms with Crippen molar-refractivity contribution in [3.05, 3.63) is 41.2 Å². The van der Waals surface area contributed by atoms with E-state index in [0.717, 1.165) is 10.8 Å². The van der Waals surface area contributed by atoms with E-state index >= 15 is 0 Å². The van der Waals surface area contributed by atoms with Gasteiger partial charge >= 0.3 is 5.97 Å². The predicted octanol–water partition coefficient (Wildman–Crippen LogP) is 2.60. The summed E-state index contributed by atoms with van der Waals surface area (Å²) in [6.45, 7) is 0. The molecule has 1 aromatic carbocycles. The van der Waals surface area contributed by atoms with Crippen LogP contribution in [0.5, 0.6) is 0 Å². The summed E-state index contributed by atoms with van der Waals surface area (Å²) in [7, 11) is 1.37. The highest BCUT2D eigenvalue weighted by Gasteiger charge is 2.08. The second kappa shape index (κ2) is 4.49. The molecule has 0 bridgehead atoms. The predicted molar refractivity (Wildman–Crippen MR) is 62.5 cm³/mol. The summed E-state index contributed by atoms with van der Waals surface area (Å²) in [5.74, 6) is -0.296. The van der Waals surface area contributed by atoms with Crippen molar-refractivity contribution >= 4 is 28.3 Å². The van der Waals surface area contributed by atoms with Gasteiger partial charge in [0.2, 0.25) is 0 Å². The van der Waals surface area contributed by atoms with Crippen LogP contribution in [0.15, 0.2) is 30.5 Å². The Kier molecular flexibility index (Phi) is 3.06. The molecule has 0 spiro atoms. The average Bonchev–Trinajstić information content (AvgIpc) is 2.28. The van der Waals surface area contributed by atoms with Crippen molar-refractivity contribution in [2.45, 2.75) is 6.42 Å². The van der Waals surface area contributed by atoms with Gasteiger partial charge in [-0.15, -0.1) is 0 Å². The minimum atomic E-state index is -0.296. The fraction of sp³-hybridized carbons (Fsp3) is 0.167. The van der Waals surface area contributed by atoms with E-state index in [1.807, 2.05) is 18.2 Å². The van der Waals surface area contributed by atoms with Crippen molar-refractivity contribution in [2.24, 2.45) is 0 Å². The molecule has 0 radical (unpaired) electrons. The van der Waals surface area contributed by atoms with E-state index in [0.29, 0.717) is 10.7 Å². The molecule has 1 aromatic heterocycles. The van der Waals surface area contributed by atoms with Crippen molar-refractivity contribution < 1.29 is 9.53 Å². The number of nitrogens with zero attached hydrogens (tertiary/aromatic N) is 1. The van der Waals surface area contributed by atoms with E-state index in [9.17, 15) is 4.79 Å². The lowest BCUT2D eigenvalue weighted by Gasteiger charge is -2.04. The average molecular weight is 236 g/mol. The Morgan fingerprint density at radius 2 is 2.25 bits per heavy atom. The number of hydrogen-bond acceptors (Lipinski definition) is 3.